The molecule has 0 aromatic rings. The number of carbonyl (C=O) groups is 5. The van der Waals surface area contributed by atoms with Crippen LogP contribution in [-0.4, -0.2) is 93.0 Å². The number of nitrogens with one attached hydrogen (secondary N) is 3. The summed E-state index contributed by atoms with van der Waals surface area (Å²) >= 11 is 0. The standard InChI is InChI=1S/C17H30N4O9/c1-10(19-13(22)9-30-7-6-29-5-4-28-3)16(26)20-11(2)17(27)21-12(15(18)25)8-14(23)24/h10-12H,4-9H2,1-3H3,(H2,18,25)(H,19,22)(H,20,26)(H,21,27)(H,23,24)/t10-,11-,12-/m0/s1. The molecule has 13 heteroatoms. The van der Waals surface area contributed by atoms with Crippen LogP contribution in [0, 0.1) is 0 Å². The van der Waals surface area contributed by atoms with Gasteiger partial charge >= 0.3 is 5.97 Å². The van der Waals surface area contributed by atoms with Crippen molar-refractivity contribution in [3.05, 3.63) is 0 Å². The molecule has 13 nitrogen and oxygen atoms in total. The van der Waals surface area contributed by atoms with Crippen molar-refractivity contribution in [3.8, 4) is 0 Å². The molecule has 0 aromatic carbocycles. The van der Waals surface area contributed by atoms with Crippen LogP contribution in [0.5, 0.6) is 0 Å². The second-order valence-electron chi connectivity index (χ2n) is 6.24. The van der Waals surface area contributed by atoms with Crippen LogP contribution in [0.1, 0.15) is 20.3 Å². The highest BCUT2D eigenvalue weighted by Crippen LogP contribution is 1.95. The van der Waals surface area contributed by atoms with E-state index in [-0.39, 0.29) is 19.8 Å². The Morgan fingerprint density at radius 2 is 1.40 bits per heavy atom. The number of methoxy groups -OCH3 is 1. The predicted octanol–water partition coefficient (Wildman–Crippen LogP) is -2.88. The summed E-state index contributed by atoms with van der Waals surface area (Å²) < 4.78 is 15.1. The van der Waals surface area contributed by atoms with Crippen LogP contribution in [0.4, 0.5) is 0 Å². The average molecular weight is 434 g/mol. The third-order valence-corrected chi connectivity index (χ3v) is 3.60. The zero-order chi connectivity index (χ0) is 23.1. The second-order valence-corrected chi connectivity index (χ2v) is 6.24. The van der Waals surface area contributed by atoms with Crippen LogP contribution in [-0.2, 0) is 38.2 Å². The molecular formula is C17H30N4O9. The van der Waals surface area contributed by atoms with Gasteiger partial charge in [-0.15, -0.1) is 0 Å². The quantitative estimate of drug-likeness (QED) is 0.158. The van der Waals surface area contributed by atoms with E-state index in [2.05, 4.69) is 16.0 Å². The third kappa shape index (κ3) is 12.6. The van der Waals surface area contributed by atoms with Gasteiger partial charge in [0.05, 0.1) is 32.8 Å². The van der Waals surface area contributed by atoms with Gasteiger partial charge in [-0.25, -0.2) is 0 Å². The Hall–Kier alpha value is -2.77. The fraction of sp³-hybridized carbons (Fsp3) is 0.706. The number of rotatable bonds is 16. The van der Waals surface area contributed by atoms with E-state index in [0.29, 0.717) is 13.2 Å². The first kappa shape index (κ1) is 27.2. The Morgan fingerprint density at radius 1 is 0.867 bits per heavy atom. The molecule has 0 spiro atoms. The van der Waals surface area contributed by atoms with Crippen molar-refractivity contribution in [1.82, 2.24) is 16.0 Å². The highest BCUT2D eigenvalue weighted by molar-refractivity contribution is 5.94. The van der Waals surface area contributed by atoms with E-state index < -0.39 is 54.1 Å². The topological polar surface area (TPSA) is 195 Å². The van der Waals surface area contributed by atoms with Crippen LogP contribution in [0.15, 0.2) is 0 Å². The minimum absolute atomic E-state index is 0.187. The average Bonchev–Trinajstić information content (AvgIpc) is 2.65. The van der Waals surface area contributed by atoms with Gasteiger partial charge in [0.1, 0.15) is 24.7 Å². The fourth-order valence-electron chi connectivity index (χ4n) is 1.97. The predicted molar refractivity (Wildman–Crippen MR) is 102 cm³/mol. The number of nitrogens with two attached hydrogens (primary N) is 1. The Bertz CT molecular complexity index is 600. The van der Waals surface area contributed by atoms with Crippen molar-refractivity contribution < 1.29 is 43.3 Å². The lowest BCUT2D eigenvalue weighted by Crippen LogP contribution is -2.55. The maximum absolute atomic E-state index is 12.1. The molecule has 0 saturated heterocycles. The van der Waals surface area contributed by atoms with Crippen LogP contribution in [0.25, 0.3) is 0 Å². The third-order valence-electron chi connectivity index (χ3n) is 3.60. The maximum atomic E-state index is 12.1. The first-order chi connectivity index (χ1) is 14.1. The van der Waals surface area contributed by atoms with Crippen molar-refractivity contribution in [2.24, 2.45) is 5.73 Å². The highest BCUT2D eigenvalue weighted by atomic mass is 16.5. The SMILES string of the molecule is COCCOCCOCC(=O)N[C@@H](C)C(=O)N[C@@H](C)C(=O)N[C@@H](CC(=O)O)C(N)=O. The van der Waals surface area contributed by atoms with Crippen molar-refractivity contribution in [1.29, 1.82) is 0 Å². The molecule has 3 atom stereocenters. The molecule has 0 radical (unpaired) electrons. The van der Waals surface area contributed by atoms with E-state index in [0.717, 1.165) is 0 Å². The van der Waals surface area contributed by atoms with Gasteiger partial charge in [0.15, 0.2) is 0 Å². The summed E-state index contributed by atoms with van der Waals surface area (Å²) in [6.45, 7) is 3.78. The van der Waals surface area contributed by atoms with Crippen LogP contribution in [0.3, 0.4) is 0 Å². The number of aliphatic carboxylic acids is 1. The van der Waals surface area contributed by atoms with Gasteiger partial charge in [-0.3, -0.25) is 24.0 Å². The molecule has 0 aliphatic carbocycles. The Morgan fingerprint density at radius 3 is 1.97 bits per heavy atom. The number of carbonyl (C=O) groups excluding carboxylic acids is 4. The van der Waals surface area contributed by atoms with Gasteiger partial charge in [-0.05, 0) is 13.8 Å². The number of carboxylic acids is 1. The van der Waals surface area contributed by atoms with E-state index in [1.54, 1.807) is 7.11 Å². The summed E-state index contributed by atoms with van der Waals surface area (Å²) in [5.41, 5.74) is 5.04. The smallest absolute Gasteiger partial charge is 0.305 e. The summed E-state index contributed by atoms with van der Waals surface area (Å²) in [7, 11) is 1.55. The number of amides is 4. The molecule has 0 fully saturated rings. The van der Waals surface area contributed by atoms with Gasteiger partial charge in [-0.2, -0.15) is 0 Å². The molecule has 0 rings (SSSR count). The normalized spacial score (nSPS) is 13.6. The van der Waals surface area contributed by atoms with E-state index in [1.165, 1.54) is 13.8 Å². The molecule has 30 heavy (non-hydrogen) atoms. The number of primary amides is 1. The Balaban J connectivity index is 4.28. The zero-order valence-corrected chi connectivity index (χ0v) is 17.3. The maximum Gasteiger partial charge on any atom is 0.305 e. The summed E-state index contributed by atoms with van der Waals surface area (Å²) in [5, 5.41) is 15.6. The molecule has 172 valence electrons. The minimum Gasteiger partial charge on any atom is -0.481 e. The molecule has 0 aliphatic heterocycles. The highest BCUT2D eigenvalue weighted by Gasteiger charge is 2.26. The fourth-order valence-corrected chi connectivity index (χ4v) is 1.97. The van der Waals surface area contributed by atoms with E-state index in [1.807, 2.05) is 0 Å². The molecule has 0 aromatic heterocycles. The van der Waals surface area contributed by atoms with Gasteiger partial charge in [-0.1, -0.05) is 0 Å². The molecular weight excluding hydrogens is 404 g/mol. The molecule has 0 saturated carbocycles. The summed E-state index contributed by atoms with van der Waals surface area (Å²) in [6, 6.07) is -3.49. The number of carboxylic acid groups (broad SMARTS) is 1. The van der Waals surface area contributed by atoms with Crippen LogP contribution >= 0.6 is 0 Å². The van der Waals surface area contributed by atoms with Crippen LogP contribution in [0.2, 0.25) is 0 Å². The van der Waals surface area contributed by atoms with Crippen molar-refractivity contribution in [3.63, 3.8) is 0 Å². The van der Waals surface area contributed by atoms with Gasteiger partial charge in [0.25, 0.3) is 0 Å². The second kappa shape index (κ2) is 15.1. The molecule has 0 aliphatic rings. The minimum atomic E-state index is -1.41. The summed E-state index contributed by atoms with van der Waals surface area (Å²) in [5.74, 6) is -4.35. The van der Waals surface area contributed by atoms with Gasteiger partial charge in [0, 0.05) is 7.11 Å². The van der Waals surface area contributed by atoms with E-state index in [9.17, 15) is 24.0 Å². The first-order valence-electron chi connectivity index (χ1n) is 9.14. The van der Waals surface area contributed by atoms with E-state index in [4.69, 9.17) is 25.1 Å². The number of hydrogen-bond donors (Lipinski definition) is 5. The van der Waals surface area contributed by atoms with Crippen molar-refractivity contribution >= 4 is 29.6 Å². The summed E-state index contributed by atoms with van der Waals surface area (Å²) in [4.78, 5) is 57.8. The lowest BCUT2D eigenvalue weighted by Gasteiger charge is -2.20. The Kier molecular flexibility index (Phi) is 13.7. The monoisotopic (exact) mass is 434 g/mol. The number of ether oxygens (including phenoxy) is 3. The molecule has 0 unspecified atom stereocenters. The molecule has 4 amide bonds. The lowest BCUT2D eigenvalue weighted by molar-refractivity contribution is -0.140. The lowest BCUT2D eigenvalue weighted by atomic mass is 10.1. The summed E-state index contributed by atoms with van der Waals surface area (Å²) in [6.07, 6.45) is -0.689. The zero-order valence-electron chi connectivity index (χ0n) is 17.3. The Labute approximate surface area is 174 Å². The van der Waals surface area contributed by atoms with Gasteiger partial charge < -0.3 is 41.0 Å². The van der Waals surface area contributed by atoms with Crippen molar-refractivity contribution in [2.75, 3.05) is 40.1 Å². The van der Waals surface area contributed by atoms with Gasteiger partial charge in [0.2, 0.25) is 23.6 Å². The van der Waals surface area contributed by atoms with Crippen LogP contribution < -0.4 is 21.7 Å². The van der Waals surface area contributed by atoms with E-state index >= 15 is 0 Å². The molecule has 0 heterocycles. The van der Waals surface area contributed by atoms with Crippen molar-refractivity contribution in [2.45, 2.75) is 38.4 Å². The first-order valence-corrected chi connectivity index (χ1v) is 9.14. The molecule has 0 bridgehead atoms. The number of hydrogen-bond acceptors (Lipinski definition) is 8. The largest absolute Gasteiger partial charge is 0.481 e. The molecule has 6 N–H and O–H groups in total.